The molecule has 2 N–H and O–H groups in total. The highest BCUT2D eigenvalue weighted by molar-refractivity contribution is 6.31. The van der Waals surface area contributed by atoms with E-state index in [-0.39, 0.29) is 12.1 Å². The summed E-state index contributed by atoms with van der Waals surface area (Å²) in [7, 11) is 0. The molecule has 0 saturated carbocycles. The molecule has 0 radical (unpaired) electrons. The number of benzene rings is 1. The molecule has 0 bridgehead atoms. The fourth-order valence-electron chi connectivity index (χ4n) is 2.01. The van der Waals surface area contributed by atoms with E-state index in [1.54, 1.807) is 12.4 Å². The van der Waals surface area contributed by atoms with Gasteiger partial charge in [-0.1, -0.05) is 23.7 Å². The number of rotatable bonds is 5. The minimum Gasteiger partial charge on any atom is -0.491 e. The van der Waals surface area contributed by atoms with Crippen LogP contribution < -0.4 is 10.5 Å². The average molecular weight is 291 g/mol. The van der Waals surface area contributed by atoms with Crippen molar-refractivity contribution in [3.63, 3.8) is 0 Å². The zero-order valence-electron chi connectivity index (χ0n) is 11.7. The standard InChI is InChI=1S/C16H19ClN2O/c1-11(2)20-14-5-3-4-13(8-14)16(18)9-12-6-7-19-10-15(12)17/h3-8,10-11,16H,9,18H2,1-2H3. The van der Waals surface area contributed by atoms with Gasteiger partial charge in [-0.3, -0.25) is 4.98 Å². The van der Waals surface area contributed by atoms with Crippen molar-refractivity contribution in [2.24, 2.45) is 5.73 Å². The van der Waals surface area contributed by atoms with Crippen molar-refractivity contribution in [2.75, 3.05) is 0 Å². The maximum Gasteiger partial charge on any atom is 0.120 e. The Morgan fingerprint density at radius 1 is 1.30 bits per heavy atom. The van der Waals surface area contributed by atoms with Crippen molar-refractivity contribution in [3.8, 4) is 5.75 Å². The van der Waals surface area contributed by atoms with Crippen LogP contribution in [0.1, 0.15) is 31.0 Å². The first-order chi connectivity index (χ1) is 9.56. The van der Waals surface area contributed by atoms with Gasteiger partial charge in [-0.25, -0.2) is 0 Å². The normalized spacial score (nSPS) is 12.4. The molecule has 0 saturated heterocycles. The van der Waals surface area contributed by atoms with Gasteiger partial charge in [0.2, 0.25) is 0 Å². The van der Waals surface area contributed by atoms with E-state index in [4.69, 9.17) is 22.1 Å². The number of hydrogen-bond acceptors (Lipinski definition) is 3. The monoisotopic (exact) mass is 290 g/mol. The Morgan fingerprint density at radius 3 is 2.80 bits per heavy atom. The first-order valence-corrected chi connectivity index (χ1v) is 7.04. The van der Waals surface area contributed by atoms with E-state index >= 15 is 0 Å². The summed E-state index contributed by atoms with van der Waals surface area (Å²) in [5.41, 5.74) is 8.30. The lowest BCUT2D eigenvalue weighted by atomic mass is 10.0. The van der Waals surface area contributed by atoms with Crippen molar-refractivity contribution in [3.05, 3.63) is 58.9 Å². The molecule has 3 nitrogen and oxygen atoms in total. The predicted molar refractivity (Wildman–Crippen MR) is 82.1 cm³/mol. The third-order valence-electron chi connectivity index (χ3n) is 2.95. The van der Waals surface area contributed by atoms with Gasteiger partial charge in [0.15, 0.2) is 0 Å². The Kier molecular flexibility index (Phi) is 4.99. The molecule has 0 aliphatic rings. The summed E-state index contributed by atoms with van der Waals surface area (Å²) in [5, 5.41) is 0.650. The average Bonchev–Trinajstić information content (AvgIpc) is 2.41. The Bertz CT molecular complexity index is 572. The lowest BCUT2D eigenvalue weighted by Crippen LogP contribution is -2.14. The maximum atomic E-state index is 6.26. The first-order valence-electron chi connectivity index (χ1n) is 6.67. The molecular weight excluding hydrogens is 272 g/mol. The van der Waals surface area contributed by atoms with Gasteiger partial charge in [0.05, 0.1) is 11.1 Å². The fourth-order valence-corrected chi connectivity index (χ4v) is 2.21. The number of hydrogen-bond donors (Lipinski definition) is 1. The van der Waals surface area contributed by atoms with Crippen molar-refractivity contribution < 1.29 is 4.74 Å². The van der Waals surface area contributed by atoms with Crippen LogP contribution in [0.25, 0.3) is 0 Å². The molecule has 20 heavy (non-hydrogen) atoms. The summed E-state index contributed by atoms with van der Waals surface area (Å²) in [6, 6.07) is 9.67. The van der Waals surface area contributed by atoms with Crippen LogP contribution in [0.3, 0.4) is 0 Å². The van der Waals surface area contributed by atoms with Gasteiger partial charge in [-0.2, -0.15) is 0 Å². The van der Waals surface area contributed by atoms with Crippen molar-refractivity contribution >= 4 is 11.6 Å². The lowest BCUT2D eigenvalue weighted by Gasteiger charge is -2.15. The van der Waals surface area contributed by atoms with Gasteiger partial charge in [-0.05, 0) is 49.6 Å². The second-order valence-electron chi connectivity index (χ2n) is 5.02. The highest BCUT2D eigenvalue weighted by atomic mass is 35.5. The summed E-state index contributed by atoms with van der Waals surface area (Å²) in [6.45, 7) is 4.01. The SMILES string of the molecule is CC(C)Oc1cccc(C(N)Cc2ccncc2Cl)c1. The Balaban J connectivity index is 2.13. The van der Waals surface area contributed by atoms with E-state index < -0.39 is 0 Å². The minimum atomic E-state index is -0.120. The van der Waals surface area contributed by atoms with E-state index in [1.807, 2.05) is 44.2 Å². The van der Waals surface area contributed by atoms with Crippen LogP contribution in [0.2, 0.25) is 5.02 Å². The Hall–Kier alpha value is -1.58. The smallest absolute Gasteiger partial charge is 0.120 e. The molecule has 106 valence electrons. The van der Waals surface area contributed by atoms with Gasteiger partial charge in [-0.15, -0.1) is 0 Å². The van der Waals surface area contributed by atoms with Crippen molar-refractivity contribution in [1.29, 1.82) is 0 Å². The molecule has 0 aliphatic carbocycles. The number of halogens is 1. The van der Waals surface area contributed by atoms with E-state index in [2.05, 4.69) is 4.98 Å². The largest absolute Gasteiger partial charge is 0.491 e. The molecule has 0 aliphatic heterocycles. The van der Waals surface area contributed by atoms with E-state index in [0.29, 0.717) is 11.4 Å². The topological polar surface area (TPSA) is 48.1 Å². The number of pyridine rings is 1. The van der Waals surface area contributed by atoms with E-state index in [9.17, 15) is 0 Å². The second kappa shape index (κ2) is 6.73. The molecule has 1 aromatic carbocycles. The van der Waals surface area contributed by atoms with Gasteiger partial charge < -0.3 is 10.5 Å². The highest BCUT2D eigenvalue weighted by Crippen LogP contribution is 2.24. The molecule has 0 fully saturated rings. The third-order valence-corrected chi connectivity index (χ3v) is 3.29. The Labute approximate surface area is 124 Å². The van der Waals surface area contributed by atoms with Crippen LogP contribution in [-0.2, 0) is 6.42 Å². The molecule has 1 heterocycles. The highest BCUT2D eigenvalue weighted by Gasteiger charge is 2.10. The van der Waals surface area contributed by atoms with Gasteiger partial charge in [0.1, 0.15) is 5.75 Å². The number of nitrogens with two attached hydrogens (primary N) is 1. The van der Waals surface area contributed by atoms with Crippen LogP contribution in [0, 0.1) is 0 Å². The third kappa shape index (κ3) is 3.95. The molecule has 1 aromatic heterocycles. The van der Waals surface area contributed by atoms with Crippen LogP contribution in [0.5, 0.6) is 5.75 Å². The molecular formula is C16H19ClN2O. The van der Waals surface area contributed by atoms with Crippen molar-refractivity contribution in [2.45, 2.75) is 32.4 Å². The summed E-state index contributed by atoms with van der Waals surface area (Å²) < 4.78 is 5.69. The van der Waals surface area contributed by atoms with Crippen molar-refractivity contribution in [1.82, 2.24) is 4.98 Å². The summed E-state index contributed by atoms with van der Waals surface area (Å²) in [4.78, 5) is 3.98. The van der Waals surface area contributed by atoms with E-state index in [0.717, 1.165) is 16.9 Å². The minimum absolute atomic E-state index is 0.120. The zero-order valence-corrected chi connectivity index (χ0v) is 12.5. The fraction of sp³-hybridized carbons (Fsp3) is 0.312. The molecule has 1 unspecified atom stereocenters. The molecule has 2 aromatic rings. The number of ether oxygens (including phenoxy) is 1. The molecule has 0 spiro atoms. The van der Waals surface area contributed by atoms with E-state index in [1.165, 1.54) is 0 Å². The van der Waals surface area contributed by atoms with Gasteiger partial charge in [0, 0.05) is 18.4 Å². The lowest BCUT2D eigenvalue weighted by molar-refractivity contribution is 0.242. The maximum absolute atomic E-state index is 6.26. The first kappa shape index (κ1) is 14.8. The Morgan fingerprint density at radius 2 is 2.10 bits per heavy atom. The molecule has 0 amide bonds. The van der Waals surface area contributed by atoms with Crippen LogP contribution in [0.15, 0.2) is 42.7 Å². The molecule has 2 rings (SSSR count). The van der Waals surface area contributed by atoms with Crippen LogP contribution in [-0.4, -0.2) is 11.1 Å². The summed E-state index contributed by atoms with van der Waals surface area (Å²) in [6.07, 6.45) is 4.19. The molecule has 4 heteroatoms. The number of nitrogens with zero attached hydrogens (tertiary/aromatic N) is 1. The van der Waals surface area contributed by atoms with Gasteiger partial charge in [0.25, 0.3) is 0 Å². The van der Waals surface area contributed by atoms with Crippen LogP contribution >= 0.6 is 11.6 Å². The van der Waals surface area contributed by atoms with Crippen LogP contribution in [0.4, 0.5) is 0 Å². The summed E-state index contributed by atoms with van der Waals surface area (Å²) >= 11 is 6.11. The molecule has 1 atom stereocenters. The van der Waals surface area contributed by atoms with Gasteiger partial charge >= 0.3 is 0 Å². The predicted octanol–water partition coefficient (Wildman–Crippen LogP) is 3.76. The quantitative estimate of drug-likeness (QED) is 0.912. The second-order valence-corrected chi connectivity index (χ2v) is 5.42. The number of aromatic nitrogens is 1. The zero-order chi connectivity index (χ0) is 14.5. The summed E-state index contributed by atoms with van der Waals surface area (Å²) in [5.74, 6) is 0.841.